The first-order valence-corrected chi connectivity index (χ1v) is 6.37. The molecule has 0 saturated heterocycles. The first-order chi connectivity index (χ1) is 8.63. The number of aliphatic hydroxyl groups excluding tert-OH is 1. The van der Waals surface area contributed by atoms with Crippen LogP contribution in [0.25, 0.3) is 0 Å². The molecule has 1 aromatic carbocycles. The van der Waals surface area contributed by atoms with E-state index in [2.05, 4.69) is 19.2 Å². The molecule has 0 saturated carbocycles. The van der Waals surface area contributed by atoms with Gasteiger partial charge in [-0.15, -0.1) is 0 Å². The minimum Gasteiger partial charge on any atom is -0.395 e. The van der Waals surface area contributed by atoms with Crippen molar-refractivity contribution in [1.29, 1.82) is 0 Å². The fourth-order valence-corrected chi connectivity index (χ4v) is 1.86. The molecule has 4 nitrogen and oxygen atoms in total. The molecule has 0 atom stereocenters. The fourth-order valence-electron chi connectivity index (χ4n) is 1.86. The standard InChI is InChI=1S/C14H22N2O2/c1-4-11-7-6-8-12(5-2)13(11)15-14(18)16(3)9-10-17/h6-8,17H,4-5,9-10H2,1-3H3,(H,15,18). The number of aryl methyl sites for hydroxylation is 2. The molecule has 2 N–H and O–H groups in total. The molecule has 18 heavy (non-hydrogen) atoms. The maximum Gasteiger partial charge on any atom is 0.321 e. The van der Waals surface area contributed by atoms with Crippen molar-refractivity contribution in [3.8, 4) is 0 Å². The molecule has 0 aromatic heterocycles. The Morgan fingerprint density at radius 2 is 1.83 bits per heavy atom. The number of amides is 2. The molecule has 0 bridgehead atoms. The van der Waals surface area contributed by atoms with Crippen LogP contribution >= 0.6 is 0 Å². The highest BCUT2D eigenvalue weighted by molar-refractivity contribution is 5.91. The number of hydrogen-bond acceptors (Lipinski definition) is 2. The predicted octanol–water partition coefficient (Wildman–Crippen LogP) is 2.27. The number of likely N-dealkylation sites (N-methyl/N-ethyl adjacent to an activating group) is 1. The minimum absolute atomic E-state index is 0.0278. The molecule has 100 valence electrons. The largest absolute Gasteiger partial charge is 0.395 e. The number of hydrogen-bond donors (Lipinski definition) is 2. The molecule has 0 heterocycles. The number of carbonyl (C=O) groups excluding carboxylic acids is 1. The summed E-state index contributed by atoms with van der Waals surface area (Å²) in [6.45, 7) is 4.45. The average Bonchev–Trinajstić information content (AvgIpc) is 2.39. The SMILES string of the molecule is CCc1cccc(CC)c1NC(=O)N(C)CCO. The van der Waals surface area contributed by atoms with Crippen LogP contribution in [0.5, 0.6) is 0 Å². The number of anilines is 1. The molecule has 0 radical (unpaired) electrons. The molecule has 0 aliphatic carbocycles. The van der Waals surface area contributed by atoms with Crippen LogP contribution < -0.4 is 5.32 Å². The number of nitrogens with zero attached hydrogens (tertiary/aromatic N) is 1. The number of carbonyl (C=O) groups is 1. The first-order valence-electron chi connectivity index (χ1n) is 6.37. The van der Waals surface area contributed by atoms with Crippen LogP contribution in [0, 0.1) is 0 Å². The topological polar surface area (TPSA) is 52.6 Å². The van der Waals surface area contributed by atoms with Gasteiger partial charge >= 0.3 is 6.03 Å². The van der Waals surface area contributed by atoms with Gasteiger partial charge in [-0.2, -0.15) is 0 Å². The number of rotatable bonds is 5. The van der Waals surface area contributed by atoms with Gasteiger partial charge in [0.15, 0.2) is 0 Å². The maximum absolute atomic E-state index is 11.9. The van der Waals surface area contributed by atoms with Crippen molar-refractivity contribution in [2.75, 3.05) is 25.5 Å². The summed E-state index contributed by atoms with van der Waals surface area (Å²) in [5.74, 6) is 0. The highest BCUT2D eigenvalue weighted by atomic mass is 16.3. The third kappa shape index (κ3) is 3.47. The van der Waals surface area contributed by atoms with E-state index in [1.807, 2.05) is 18.2 Å². The molecular weight excluding hydrogens is 228 g/mol. The van der Waals surface area contributed by atoms with Crippen LogP contribution in [0.2, 0.25) is 0 Å². The van der Waals surface area contributed by atoms with Crippen LogP contribution in [-0.2, 0) is 12.8 Å². The molecule has 0 unspecified atom stereocenters. The number of aliphatic hydroxyl groups is 1. The molecule has 0 fully saturated rings. The van der Waals surface area contributed by atoms with E-state index in [0.717, 1.165) is 29.7 Å². The van der Waals surface area contributed by atoms with Crippen molar-refractivity contribution in [2.45, 2.75) is 26.7 Å². The Morgan fingerprint density at radius 1 is 1.28 bits per heavy atom. The van der Waals surface area contributed by atoms with Crippen LogP contribution in [0.1, 0.15) is 25.0 Å². The van der Waals surface area contributed by atoms with E-state index >= 15 is 0 Å². The molecule has 1 aromatic rings. The molecule has 1 rings (SSSR count). The van der Waals surface area contributed by atoms with Crippen molar-refractivity contribution < 1.29 is 9.90 Å². The first kappa shape index (κ1) is 14.5. The Kier molecular flexibility index (Phi) is 5.65. The lowest BCUT2D eigenvalue weighted by Gasteiger charge is -2.20. The number of para-hydroxylation sites is 1. The van der Waals surface area contributed by atoms with Gasteiger partial charge in [0.25, 0.3) is 0 Å². The van der Waals surface area contributed by atoms with E-state index < -0.39 is 0 Å². The second kappa shape index (κ2) is 7.01. The van der Waals surface area contributed by atoms with Crippen molar-refractivity contribution in [3.05, 3.63) is 29.3 Å². The van der Waals surface area contributed by atoms with E-state index in [-0.39, 0.29) is 12.6 Å². The number of nitrogens with one attached hydrogen (secondary N) is 1. The van der Waals surface area contributed by atoms with Crippen molar-refractivity contribution in [3.63, 3.8) is 0 Å². The van der Waals surface area contributed by atoms with Crippen LogP contribution in [0.3, 0.4) is 0 Å². The van der Waals surface area contributed by atoms with Gasteiger partial charge < -0.3 is 15.3 Å². The molecule has 4 heteroatoms. The van der Waals surface area contributed by atoms with E-state index in [1.165, 1.54) is 4.90 Å². The van der Waals surface area contributed by atoms with E-state index in [4.69, 9.17) is 5.11 Å². The zero-order valence-electron chi connectivity index (χ0n) is 11.4. The third-order valence-electron chi connectivity index (χ3n) is 3.01. The van der Waals surface area contributed by atoms with E-state index in [0.29, 0.717) is 6.54 Å². The summed E-state index contributed by atoms with van der Waals surface area (Å²) in [4.78, 5) is 13.4. The van der Waals surface area contributed by atoms with Gasteiger partial charge in [0.1, 0.15) is 0 Å². The van der Waals surface area contributed by atoms with E-state index in [9.17, 15) is 4.79 Å². The average molecular weight is 250 g/mol. The summed E-state index contributed by atoms with van der Waals surface area (Å²) < 4.78 is 0. The summed E-state index contributed by atoms with van der Waals surface area (Å²) in [6, 6.07) is 5.89. The van der Waals surface area contributed by atoms with Gasteiger partial charge in [-0.25, -0.2) is 4.79 Å². The second-order valence-corrected chi connectivity index (χ2v) is 4.23. The minimum atomic E-state index is -0.181. The lowest BCUT2D eigenvalue weighted by atomic mass is 10.0. The summed E-state index contributed by atoms with van der Waals surface area (Å²) in [6.07, 6.45) is 1.76. The van der Waals surface area contributed by atoms with Crippen molar-refractivity contribution in [1.82, 2.24) is 4.90 Å². The van der Waals surface area contributed by atoms with Gasteiger partial charge in [-0.05, 0) is 24.0 Å². The summed E-state index contributed by atoms with van der Waals surface area (Å²) in [7, 11) is 1.67. The van der Waals surface area contributed by atoms with Crippen LogP contribution in [0.4, 0.5) is 10.5 Å². The van der Waals surface area contributed by atoms with Crippen molar-refractivity contribution >= 4 is 11.7 Å². The molecule has 0 aliphatic rings. The van der Waals surface area contributed by atoms with Gasteiger partial charge in [-0.3, -0.25) is 0 Å². The lowest BCUT2D eigenvalue weighted by Crippen LogP contribution is -2.34. The Morgan fingerprint density at radius 3 is 2.28 bits per heavy atom. The Hall–Kier alpha value is -1.55. The normalized spacial score (nSPS) is 10.2. The smallest absolute Gasteiger partial charge is 0.321 e. The van der Waals surface area contributed by atoms with Gasteiger partial charge in [0.05, 0.1) is 6.61 Å². The van der Waals surface area contributed by atoms with Crippen LogP contribution in [-0.4, -0.2) is 36.2 Å². The Balaban J connectivity index is 2.91. The molecule has 0 spiro atoms. The predicted molar refractivity (Wildman–Crippen MR) is 73.9 cm³/mol. The van der Waals surface area contributed by atoms with Gasteiger partial charge in [0, 0.05) is 19.3 Å². The second-order valence-electron chi connectivity index (χ2n) is 4.23. The van der Waals surface area contributed by atoms with Gasteiger partial charge in [-0.1, -0.05) is 32.0 Å². The summed E-state index contributed by atoms with van der Waals surface area (Å²) in [5.41, 5.74) is 3.19. The van der Waals surface area contributed by atoms with Gasteiger partial charge in [0.2, 0.25) is 0 Å². The zero-order valence-corrected chi connectivity index (χ0v) is 11.4. The fraction of sp³-hybridized carbons (Fsp3) is 0.500. The van der Waals surface area contributed by atoms with E-state index in [1.54, 1.807) is 7.05 Å². The Labute approximate surface area is 109 Å². The number of urea groups is 1. The summed E-state index contributed by atoms with van der Waals surface area (Å²) in [5, 5.41) is 11.8. The highest BCUT2D eigenvalue weighted by Gasteiger charge is 2.12. The monoisotopic (exact) mass is 250 g/mol. The quantitative estimate of drug-likeness (QED) is 0.842. The molecule has 0 aliphatic heterocycles. The third-order valence-corrected chi connectivity index (χ3v) is 3.01. The molecular formula is C14H22N2O2. The summed E-state index contributed by atoms with van der Waals surface area (Å²) >= 11 is 0. The zero-order chi connectivity index (χ0) is 13.5. The molecule has 2 amide bonds. The maximum atomic E-state index is 11.9. The Bertz CT molecular complexity index is 383. The van der Waals surface area contributed by atoms with Crippen molar-refractivity contribution in [2.24, 2.45) is 0 Å². The highest BCUT2D eigenvalue weighted by Crippen LogP contribution is 2.22. The number of benzene rings is 1. The lowest BCUT2D eigenvalue weighted by molar-refractivity contribution is 0.202. The van der Waals surface area contributed by atoms with Crippen LogP contribution in [0.15, 0.2) is 18.2 Å².